The van der Waals surface area contributed by atoms with Crippen LogP contribution in [-0.2, 0) is 10.8 Å². The third kappa shape index (κ3) is 3.35. The molecule has 0 radical (unpaired) electrons. The maximum absolute atomic E-state index is 6.80. The van der Waals surface area contributed by atoms with Gasteiger partial charge in [-0.2, -0.15) is 0 Å². The SMILES string of the molecule is CC(C)(C)[Si](C)(C)OC1Cc2cnccc2/C=C\c2ccncc21. The molecule has 2 aromatic heterocycles. The summed E-state index contributed by atoms with van der Waals surface area (Å²) in [6, 6.07) is 4.14. The summed E-state index contributed by atoms with van der Waals surface area (Å²) >= 11 is 0. The summed E-state index contributed by atoms with van der Waals surface area (Å²) in [7, 11) is -1.89. The molecule has 0 saturated carbocycles. The van der Waals surface area contributed by atoms with Gasteiger partial charge in [0, 0.05) is 36.8 Å². The maximum Gasteiger partial charge on any atom is 0.192 e. The van der Waals surface area contributed by atoms with Crippen molar-refractivity contribution in [1.82, 2.24) is 9.97 Å². The first-order chi connectivity index (χ1) is 11.3. The number of fused-ring (bicyclic) bond motifs is 2. The molecule has 3 nitrogen and oxygen atoms in total. The predicted octanol–water partition coefficient (Wildman–Crippen LogP) is 5.27. The Morgan fingerprint density at radius 3 is 2.33 bits per heavy atom. The van der Waals surface area contributed by atoms with Crippen LogP contribution in [0.1, 0.15) is 49.1 Å². The van der Waals surface area contributed by atoms with Gasteiger partial charge in [0.1, 0.15) is 0 Å². The summed E-state index contributed by atoms with van der Waals surface area (Å²) in [4.78, 5) is 8.67. The van der Waals surface area contributed by atoms with E-state index in [0.717, 1.165) is 6.42 Å². The fourth-order valence-electron chi connectivity index (χ4n) is 2.74. The molecule has 1 aliphatic rings. The van der Waals surface area contributed by atoms with Crippen molar-refractivity contribution in [3.8, 4) is 0 Å². The summed E-state index contributed by atoms with van der Waals surface area (Å²) < 4.78 is 6.80. The Labute approximate surface area is 145 Å². The minimum Gasteiger partial charge on any atom is -0.410 e. The smallest absolute Gasteiger partial charge is 0.192 e. The van der Waals surface area contributed by atoms with E-state index in [-0.39, 0.29) is 11.1 Å². The van der Waals surface area contributed by atoms with Crippen molar-refractivity contribution < 1.29 is 4.43 Å². The normalized spacial score (nSPS) is 19.0. The highest BCUT2D eigenvalue weighted by atomic mass is 28.4. The Morgan fingerprint density at radius 1 is 1.00 bits per heavy atom. The van der Waals surface area contributed by atoms with Crippen LogP contribution < -0.4 is 0 Å². The lowest BCUT2D eigenvalue weighted by Crippen LogP contribution is -2.42. The molecule has 24 heavy (non-hydrogen) atoms. The standard InChI is InChI=1S/C20H26N2OSi/c1-20(2,3)24(4,5)23-19-12-17-13-21-10-8-15(17)6-7-16-9-11-22-14-18(16)19/h6-11,13-14,19H,12H2,1-5H3/b7-6-. The van der Waals surface area contributed by atoms with Crippen LogP contribution in [0.25, 0.3) is 12.2 Å². The number of rotatable bonds is 2. The number of pyridine rings is 2. The van der Waals surface area contributed by atoms with E-state index in [1.807, 2.05) is 24.8 Å². The van der Waals surface area contributed by atoms with Crippen LogP contribution in [0, 0.1) is 0 Å². The number of aromatic nitrogens is 2. The van der Waals surface area contributed by atoms with Crippen molar-refractivity contribution in [3.05, 3.63) is 59.2 Å². The van der Waals surface area contributed by atoms with Gasteiger partial charge in [-0.15, -0.1) is 0 Å². The molecule has 0 saturated heterocycles. The largest absolute Gasteiger partial charge is 0.410 e. The van der Waals surface area contributed by atoms with Gasteiger partial charge in [-0.05, 0) is 47.0 Å². The van der Waals surface area contributed by atoms with Crippen LogP contribution in [0.5, 0.6) is 0 Å². The average Bonchev–Trinajstić information content (AvgIpc) is 2.50. The fourth-order valence-corrected chi connectivity index (χ4v) is 4.01. The molecule has 0 aromatic carbocycles. The Hall–Kier alpha value is -1.78. The average molecular weight is 339 g/mol. The van der Waals surface area contributed by atoms with Gasteiger partial charge in [-0.25, -0.2) is 0 Å². The lowest BCUT2D eigenvalue weighted by Gasteiger charge is -2.40. The first kappa shape index (κ1) is 17.1. The molecule has 4 heteroatoms. The van der Waals surface area contributed by atoms with Gasteiger partial charge in [-0.1, -0.05) is 32.9 Å². The van der Waals surface area contributed by atoms with Gasteiger partial charge in [0.15, 0.2) is 8.32 Å². The molecular formula is C20H26N2OSi. The third-order valence-corrected chi connectivity index (χ3v) is 9.75. The molecule has 126 valence electrons. The van der Waals surface area contributed by atoms with E-state index >= 15 is 0 Å². The van der Waals surface area contributed by atoms with Gasteiger partial charge < -0.3 is 4.43 Å². The van der Waals surface area contributed by atoms with Gasteiger partial charge >= 0.3 is 0 Å². The van der Waals surface area contributed by atoms with Crippen LogP contribution in [0.15, 0.2) is 36.9 Å². The van der Waals surface area contributed by atoms with Crippen molar-refractivity contribution in [2.45, 2.75) is 51.4 Å². The van der Waals surface area contributed by atoms with Gasteiger partial charge in [0.2, 0.25) is 0 Å². The van der Waals surface area contributed by atoms with E-state index in [1.165, 1.54) is 22.3 Å². The topological polar surface area (TPSA) is 35.0 Å². The maximum atomic E-state index is 6.80. The molecule has 1 aliphatic carbocycles. The molecule has 0 amide bonds. The quantitative estimate of drug-likeness (QED) is 0.700. The van der Waals surface area contributed by atoms with Gasteiger partial charge in [0.25, 0.3) is 0 Å². The van der Waals surface area contributed by atoms with Crippen LogP contribution in [0.4, 0.5) is 0 Å². The number of hydrogen-bond donors (Lipinski definition) is 0. The predicted molar refractivity (Wildman–Crippen MR) is 102 cm³/mol. The van der Waals surface area contributed by atoms with E-state index < -0.39 is 8.32 Å². The molecule has 1 unspecified atom stereocenters. The van der Waals surface area contributed by atoms with Crippen LogP contribution in [-0.4, -0.2) is 18.3 Å². The summed E-state index contributed by atoms with van der Waals surface area (Å²) in [5.74, 6) is 0. The molecule has 3 rings (SSSR count). The highest BCUT2D eigenvalue weighted by molar-refractivity contribution is 6.74. The number of nitrogens with zero attached hydrogens (tertiary/aromatic N) is 2. The summed E-state index contributed by atoms with van der Waals surface area (Å²) in [5.41, 5.74) is 4.81. The molecule has 0 spiro atoms. The number of hydrogen-bond acceptors (Lipinski definition) is 3. The zero-order chi connectivity index (χ0) is 17.4. The Bertz CT molecular complexity index is 762. The first-order valence-electron chi connectivity index (χ1n) is 8.51. The van der Waals surface area contributed by atoms with Crippen LogP contribution in [0.2, 0.25) is 18.1 Å². The zero-order valence-electron chi connectivity index (χ0n) is 15.2. The van der Waals surface area contributed by atoms with Crippen molar-refractivity contribution in [2.75, 3.05) is 0 Å². The Morgan fingerprint density at radius 2 is 1.62 bits per heavy atom. The van der Waals surface area contributed by atoms with Crippen molar-refractivity contribution >= 4 is 20.5 Å². The third-order valence-electron chi connectivity index (χ3n) is 5.27. The Kier molecular flexibility index (Phi) is 4.45. The van der Waals surface area contributed by atoms with Crippen molar-refractivity contribution in [3.63, 3.8) is 0 Å². The lowest BCUT2D eigenvalue weighted by molar-refractivity contribution is 0.183. The van der Waals surface area contributed by atoms with Crippen molar-refractivity contribution in [1.29, 1.82) is 0 Å². The van der Waals surface area contributed by atoms with Crippen LogP contribution in [0.3, 0.4) is 0 Å². The van der Waals surface area contributed by atoms with Crippen molar-refractivity contribution in [2.24, 2.45) is 0 Å². The molecule has 0 bridgehead atoms. The highest BCUT2D eigenvalue weighted by Crippen LogP contribution is 2.41. The highest BCUT2D eigenvalue weighted by Gasteiger charge is 2.40. The monoisotopic (exact) mass is 338 g/mol. The summed E-state index contributed by atoms with van der Waals surface area (Å²) in [6.45, 7) is 11.5. The minimum absolute atomic E-state index is 0.0162. The first-order valence-corrected chi connectivity index (χ1v) is 11.4. The minimum atomic E-state index is -1.89. The molecule has 0 fully saturated rings. The van der Waals surface area contributed by atoms with E-state index in [4.69, 9.17) is 4.43 Å². The second kappa shape index (κ2) is 6.26. The van der Waals surface area contributed by atoms with E-state index in [1.54, 1.807) is 0 Å². The molecule has 2 heterocycles. The van der Waals surface area contributed by atoms with E-state index in [2.05, 4.69) is 68.1 Å². The molecule has 0 aliphatic heterocycles. The second-order valence-electron chi connectivity index (χ2n) is 7.98. The summed E-state index contributed by atoms with van der Waals surface area (Å²) in [6.07, 6.45) is 12.8. The van der Waals surface area contributed by atoms with Gasteiger partial charge in [-0.3, -0.25) is 9.97 Å². The molecule has 1 atom stereocenters. The second-order valence-corrected chi connectivity index (χ2v) is 12.7. The molecular weight excluding hydrogens is 312 g/mol. The molecule has 0 N–H and O–H groups in total. The van der Waals surface area contributed by atoms with E-state index in [0.29, 0.717) is 0 Å². The van der Waals surface area contributed by atoms with Gasteiger partial charge in [0.05, 0.1) is 6.10 Å². The zero-order valence-corrected chi connectivity index (χ0v) is 16.2. The van der Waals surface area contributed by atoms with Crippen LogP contribution >= 0.6 is 0 Å². The lowest BCUT2D eigenvalue weighted by atomic mass is 9.93. The summed E-state index contributed by atoms with van der Waals surface area (Å²) in [5, 5.41) is 0.172. The van der Waals surface area contributed by atoms with E-state index in [9.17, 15) is 0 Å². The molecule has 2 aromatic rings. The Balaban J connectivity index is 2.06. The fraction of sp³-hybridized carbons (Fsp3) is 0.400.